The Bertz CT molecular complexity index is 1290. The molecule has 0 radical (unpaired) electrons. The lowest BCUT2D eigenvalue weighted by atomic mass is 10.1. The Morgan fingerprint density at radius 3 is 2.52 bits per heavy atom. The lowest BCUT2D eigenvalue weighted by molar-refractivity contribution is -0.142. The van der Waals surface area contributed by atoms with E-state index in [-0.39, 0.29) is 23.6 Å². The van der Waals surface area contributed by atoms with Crippen molar-refractivity contribution in [2.24, 2.45) is 0 Å². The first-order chi connectivity index (χ1) is 15.6. The van der Waals surface area contributed by atoms with Crippen LogP contribution in [0.3, 0.4) is 0 Å². The Morgan fingerprint density at radius 1 is 1.15 bits per heavy atom. The van der Waals surface area contributed by atoms with Crippen LogP contribution in [0.25, 0.3) is 16.9 Å². The number of nitrogens with zero attached hydrogens (tertiary/aromatic N) is 5. The molecule has 0 saturated heterocycles. The van der Waals surface area contributed by atoms with Crippen molar-refractivity contribution in [2.45, 2.75) is 26.1 Å². The Balaban J connectivity index is 1.54. The predicted molar refractivity (Wildman–Crippen MR) is 115 cm³/mol. The SMILES string of the molecule is Cc1nn(CCCNC(=O)c2cc3nc(-c4ccc(F)cc4)cc(C(F)(F)F)n3n2)cc1Br. The van der Waals surface area contributed by atoms with E-state index in [4.69, 9.17) is 0 Å². The number of hydrogen-bond donors (Lipinski definition) is 1. The number of aryl methyl sites for hydroxylation is 2. The van der Waals surface area contributed by atoms with Gasteiger partial charge in [-0.2, -0.15) is 23.4 Å². The van der Waals surface area contributed by atoms with Gasteiger partial charge in [-0.1, -0.05) is 0 Å². The number of nitrogens with one attached hydrogen (secondary N) is 1. The molecule has 0 bridgehead atoms. The van der Waals surface area contributed by atoms with Gasteiger partial charge in [-0.3, -0.25) is 9.48 Å². The van der Waals surface area contributed by atoms with Crippen LogP contribution in [0.15, 0.2) is 47.1 Å². The summed E-state index contributed by atoms with van der Waals surface area (Å²) in [6, 6.07) is 6.93. The van der Waals surface area contributed by atoms with Gasteiger partial charge in [0.05, 0.1) is 15.9 Å². The molecular weight excluding hydrogens is 508 g/mol. The van der Waals surface area contributed by atoms with E-state index < -0.39 is 23.6 Å². The van der Waals surface area contributed by atoms with Crippen molar-refractivity contribution in [1.29, 1.82) is 0 Å². The van der Waals surface area contributed by atoms with E-state index in [9.17, 15) is 22.4 Å². The van der Waals surface area contributed by atoms with Crippen molar-refractivity contribution >= 4 is 27.5 Å². The molecule has 4 rings (SSSR count). The Labute approximate surface area is 193 Å². The highest BCUT2D eigenvalue weighted by Crippen LogP contribution is 2.32. The number of halogens is 5. The highest BCUT2D eigenvalue weighted by molar-refractivity contribution is 9.10. The van der Waals surface area contributed by atoms with Crippen molar-refractivity contribution in [3.63, 3.8) is 0 Å². The van der Waals surface area contributed by atoms with E-state index >= 15 is 0 Å². The van der Waals surface area contributed by atoms with Crippen molar-refractivity contribution < 1.29 is 22.4 Å². The van der Waals surface area contributed by atoms with E-state index in [2.05, 4.69) is 36.4 Å². The Kier molecular flexibility index (Phi) is 6.19. The van der Waals surface area contributed by atoms with Gasteiger partial charge >= 0.3 is 6.18 Å². The molecule has 33 heavy (non-hydrogen) atoms. The molecule has 0 unspecified atom stereocenters. The maximum absolute atomic E-state index is 13.7. The number of benzene rings is 1. The maximum Gasteiger partial charge on any atom is 0.433 e. The first-order valence-corrected chi connectivity index (χ1v) is 10.6. The molecule has 12 heteroatoms. The molecule has 1 N–H and O–H groups in total. The number of hydrogen-bond acceptors (Lipinski definition) is 4. The fourth-order valence-electron chi connectivity index (χ4n) is 3.20. The maximum atomic E-state index is 13.7. The van der Waals surface area contributed by atoms with Gasteiger partial charge in [-0.15, -0.1) is 0 Å². The van der Waals surface area contributed by atoms with Crippen LogP contribution in [0.5, 0.6) is 0 Å². The van der Waals surface area contributed by atoms with Crippen molar-refractivity contribution in [2.75, 3.05) is 6.54 Å². The highest BCUT2D eigenvalue weighted by atomic mass is 79.9. The summed E-state index contributed by atoms with van der Waals surface area (Å²) in [5.74, 6) is -1.13. The molecule has 0 aliphatic carbocycles. The lowest BCUT2D eigenvalue weighted by Gasteiger charge is -2.11. The predicted octanol–water partition coefficient (Wildman–Crippen LogP) is 4.64. The van der Waals surface area contributed by atoms with Crippen LogP contribution in [0.4, 0.5) is 17.6 Å². The summed E-state index contributed by atoms with van der Waals surface area (Å²) in [6.45, 7) is 2.69. The molecule has 3 aromatic heterocycles. The summed E-state index contributed by atoms with van der Waals surface area (Å²) in [4.78, 5) is 16.7. The molecule has 0 aliphatic heterocycles. The number of alkyl halides is 3. The van der Waals surface area contributed by atoms with E-state index in [1.54, 1.807) is 4.68 Å². The zero-order valence-corrected chi connectivity index (χ0v) is 18.8. The van der Waals surface area contributed by atoms with Gasteiger partial charge in [0.1, 0.15) is 5.82 Å². The van der Waals surface area contributed by atoms with Crippen molar-refractivity contribution in [3.8, 4) is 11.3 Å². The van der Waals surface area contributed by atoms with Crippen molar-refractivity contribution in [1.82, 2.24) is 29.7 Å². The molecule has 3 heterocycles. The Morgan fingerprint density at radius 2 is 1.88 bits per heavy atom. The highest BCUT2D eigenvalue weighted by Gasteiger charge is 2.35. The summed E-state index contributed by atoms with van der Waals surface area (Å²) >= 11 is 3.37. The van der Waals surface area contributed by atoms with Gasteiger partial charge in [-0.05, 0) is 59.6 Å². The fraction of sp³-hybridized carbons (Fsp3) is 0.238. The molecule has 172 valence electrons. The standard InChI is InChI=1S/C21H17BrF4N6O/c1-12-15(22)11-31(29-12)8-2-7-27-20(33)17-10-19-28-16(13-3-5-14(23)6-4-13)9-18(21(24,25)26)32(19)30-17/h3-6,9-11H,2,7-8H2,1H3,(H,27,33). The normalized spacial score (nSPS) is 11.8. The second kappa shape index (κ2) is 8.93. The first kappa shape index (κ1) is 22.9. The minimum absolute atomic E-state index is 0.0117. The number of carbonyl (C=O) groups is 1. The average Bonchev–Trinajstić information content (AvgIpc) is 3.33. The number of aromatic nitrogens is 5. The summed E-state index contributed by atoms with van der Waals surface area (Å²) in [5.41, 5.74) is -0.297. The second-order valence-electron chi connectivity index (χ2n) is 7.27. The van der Waals surface area contributed by atoms with Crippen molar-refractivity contribution in [3.05, 3.63) is 70.0 Å². The zero-order chi connectivity index (χ0) is 23.8. The van der Waals surface area contributed by atoms with Gasteiger partial charge < -0.3 is 5.32 Å². The molecule has 1 amide bonds. The minimum atomic E-state index is -4.74. The number of fused-ring (bicyclic) bond motifs is 1. The van der Waals surface area contributed by atoms with E-state index in [1.807, 2.05) is 13.1 Å². The fourth-order valence-corrected chi connectivity index (χ4v) is 3.51. The van der Waals surface area contributed by atoms with Crippen LogP contribution >= 0.6 is 15.9 Å². The van der Waals surface area contributed by atoms with E-state index in [1.165, 1.54) is 18.2 Å². The third kappa shape index (κ3) is 5.05. The molecule has 4 aromatic rings. The molecular formula is C21H17BrF4N6O. The van der Waals surface area contributed by atoms with Gasteiger partial charge in [0.25, 0.3) is 5.91 Å². The van der Waals surface area contributed by atoms with Gasteiger partial charge in [0.2, 0.25) is 0 Å². The smallest absolute Gasteiger partial charge is 0.351 e. The minimum Gasteiger partial charge on any atom is -0.351 e. The lowest BCUT2D eigenvalue weighted by Crippen LogP contribution is -2.26. The largest absolute Gasteiger partial charge is 0.433 e. The van der Waals surface area contributed by atoms with Crippen LogP contribution in [0.2, 0.25) is 0 Å². The van der Waals surface area contributed by atoms with Gasteiger partial charge in [0, 0.05) is 30.9 Å². The quantitative estimate of drug-likeness (QED) is 0.294. The van der Waals surface area contributed by atoms with Crippen LogP contribution in [0.1, 0.15) is 28.3 Å². The first-order valence-electron chi connectivity index (χ1n) is 9.83. The molecule has 0 fully saturated rings. The monoisotopic (exact) mass is 524 g/mol. The van der Waals surface area contributed by atoms with Crippen LogP contribution in [0, 0.1) is 12.7 Å². The molecule has 0 aliphatic rings. The number of carbonyl (C=O) groups excluding carboxylic acids is 1. The van der Waals surface area contributed by atoms with Gasteiger partial charge in [0.15, 0.2) is 17.0 Å². The number of rotatable bonds is 6. The van der Waals surface area contributed by atoms with Crippen LogP contribution in [-0.4, -0.2) is 36.8 Å². The van der Waals surface area contributed by atoms with Crippen LogP contribution in [-0.2, 0) is 12.7 Å². The third-order valence-corrected chi connectivity index (χ3v) is 5.60. The number of amides is 1. The third-order valence-electron chi connectivity index (χ3n) is 4.83. The summed E-state index contributed by atoms with van der Waals surface area (Å²) < 4.78 is 57.4. The summed E-state index contributed by atoms with van der Waals surface area (Å²) in [7, 11) is 0. The van der Waals surface area contributed by atoms with E-state index in [0.29, 0.717) is 23.0 Å². The van der Waals surface area contributed by atoms with Gasteiger partial charge in [-0.25, -0.2) is 13.9 Å². The molecule has 0 spiro atoms. The average molecular weight is 525 g/mol. The van der Waals surface area contributed by atoms with E-state index in [0.717, 1.165) is 28.4 Å². The molecule has 7 nitrogen and oxygen atoms in total. The molecule has 1 aromatic carbocycles. The molecule has 0 atom stereocenters. The summed E-state index contributed by atoms with van der Waals surface area (Å²) in [5, 5.41) is 10.8. The topological polar surface area (TPSA) is 77.1 Å². The van der Waals surface area contributed by atoms with Crippen LogP contribution < -0.4 is 5.32 Å². The second-order valence-corrected chi connectivity index (χ2v) is 8.12. The Hall–Kier alpha value is -3.28. The molecule has 0 saturated carbocycles. The zero-order valence-electron chi connectivity index (χ0n) is 17.2. The summed E-state index contributed by atoms with van der Waals surface area (Å²) in [6.07, 6.45) is -2.36.